The molecule has 1 unspecified atom stereocenters. The minimum absolute atomic E-state index is 0.246. The lowest BCUT2D eigenvalue weighted by Crippen LogP contribution is -2.22. The average Bonchev–Trinajstić information content (AvgIpc) is 2.90. The molecular formula is C14H18ClN3S. The molecule has 1 heterocycles. The molecule has 1 aromatic carbocycles. The van der Waals surface area contributed by atoms with Crippen molar-refractivity contribution in [3.05, 3.63) is 47.5 Å². The van der Waals surface area contributed by atoms with Gasteiger partial charge in [-0.25, -0.2) is 4.98 Å². The number of rotatable bonds is 6. The molecule has 3 nitrogen and oxygen atoms in total. The summed E-state index contributed by atoms with van der Waals surface area (Å²) in [5, 5.41) is 4.10. The number of nitrogens with zero attached hydrogens (tertiary/aromatic N) is 2. The minimum atomic E-state index is 0.246. The topological polar surface area (TPSA) is 29.9 Å². The predicted octanol–water partition coefficient (Wildman–Crippen LogP) is 3.61. The van der Waals surface area contributed by atoms with Crippen LogP contribution in [0.15, 0.2) is 41.6 Å². The van der Waals surface area contributed by atoms with Crippen LogP contribution in [0, 0.1) is 0 Å². The van der Waals surface area contributed by atoms with Crippen molar-refractivity contribution in [3.63, 3.8) is 0 Å². The van der Waals surface area contributed by atoms with E-state index in [1.54, 1.807) is 11.8 Å². The van der Waals surface area contributed by atoms with E-state index in [0.29, 0.717) is 0 Å². The third-order valence-corrected chi connectivity index (χ3v) is 4.34. The summed E-state index contributed by atoms with van der Waals surface area (Å²) in [5.74, 6) is 2.03. The van der Waals surface area contributed by atoms with Gasteiger partial charge in [0, 0.05) is 34.6 Å². The number of benzene rings is 1. The highest BCUT2D eigenvalue weighted by Crippen LogP contribution is 2.25. The third kappa shape index (κ3) is 3.75. The maximum Gasteiger partial charge on any atom is 0.126 e. The number of aryl methyl sites for hydroxylation is 1. The maximum atomic E-state index is 5.89. The molecule has 0 saturated carbocycles. The summed E-state index contributed by atoms with van der Waals surface area (Å²) in [7, 11) is 1.97. The van der Waals surface area contributed by atoms with E-state index < -0.39 is 0 Å². The Bertz CT molecular complexity index is 510. The van der Waals surface area contributed by atoms with Crippen LogP contribution in [0.5, 0.6) is 0 Å². The first kappa shape index (κ1) is 14.4. The normalized spacial score (nSPS) is 12.6. The highest BCUT2D eigenvalue weighted by atomic mass is 35.5. The maximum absolute atomic E-state index is 5.89. The van der Waals surface area contributed by atoms with Crippen LogP contribution in [0.3, 0.4) is 0 Å². The predicted molar refractivity (Wildman–Crippen MR) is 81.9 cm³/mol. The molecule has 102 valence electrons. The van der Waals surface area contributed by atoms with Crippen molar-refractivity contribution in [2.75, 3.05) is 12.8 Å². The quantitative estimate of drug-likeness (QED) is 0.826. The Labute approximate surface area is 123 Å². The SMILES string of the molecule is CCn1ccnc1C(CSc1ccc(Cl)cc1)NC. The molecule has 19 heavy (non-hydrogen) atoms. The Morgan fingerprint density at radius 2 is 2.11 bits per heavy atom. The van der Waals surface area contributed by atoms with Crippen molar-refractivity contribution in [3.8, 4) is 0 Å². The second kappa shape index (κ2) is 6.98. The fraction of sp³-hybridized carbons (Fsp3) is 0.357. The van der Waals surface area contributed by atoms with Gasteiger partial charge in [0.1, 0.15) is 5.82 Å². The first-order valence-corrected chi connectivity index (χ1v) is 7.67. The van der Waals surface area contributed by atoms with Gasteiger partial charge >= 0.3 is 0 Å². The summed E-state index contributed by atoms with van der Waals surface area (Å²) in [5.41, 5.74) is 0. The molecule has 0 aliphatic heterocycles. The van der Waals surface area contributed by atoms with E-state index in [2.05, 4.69) is 21.8 Å². The molecule has 2 rings (SSSR count). The van der Waals surface area contributed by atoms with E-state index in [0.717, 1.165) is 23.1 Å². The van der Waals surface area contributed by atoms with Gasteiger partial charge < -0.3 is 9.88 Å². The molecule has 1 atom stereocenters. The molecule has 0 aliphatic carbocycles. The number of hydrogen-bond acceptors (Lipinski definition) is 3. The summed E-state index contributed by atoms with van der Waals surface area (Å²) in [6.07, 6.45) is 3.88. The Hall–Kier alpha value is -0.970. The highest BCUT2D eigenvalue weighted by molar-refractivity contribution is 7.99. The second-order valence-electron chi connectivity index (χ2n) is 4.18. The standard InChI is InChI=1S/C14H18ClN3S/c1-3-18-9-8-17-14(18)13(16-2)10-19-12-6-4-11(15)5-7-12/h4-9,13,16H,3,10H2,1-2H3. The molecule has 0 fully saturated rings. The van der Waals surface area contributed by atoms with Crippen LogP contribution in [0.25, 0.3) is 0 Å². The van der Waals surface area contributed by atoms with Crippen LogP contribution in [-0.4, -0.2) is 22.4 Å². The van der Waals surface area contributed by atoms with Gasteiger partial charge in [-0.3, -0.25) is 0 Å². The highest BCUT2D eigenvalue weighted by Gasteiger charge is 2.14. The summed E-state index contributed by atoms with van der Waals surface area (Å²) in [6.45, 7) is 3.07. The molecule has 0 spiro atoms. The lowest BCUT2D eigenvalue weighted by atomic mass is 10.3. The molecule has 2 aromatic rings. The van der Waals surface area contributed by atoms with Crippen LogP contribution in [-0.2, 0) is 6.54 Å². The number of thioether (sulfide) groups is 1. The van der Waals surface area contributed by atoms with Crippen molar-refractivity contribution >= 4 is 23.4 Å². The summed E-state index contributed by atoms with van der Waals surface area (Å²) >= 11 is 7.69. The summed E-state index contributed by atoms with van der Waals surface area (Å²) in [4.78, 5) is 5.67. The number of aromatic nitrogens is 2. The molecule has 0 radical (unpaired) electrons. The van der Waals surface area contributed by atoms with Crippen LogP contribution in [0.2, 0.25) is 5.02 Å². The average molecular weight is 296 g/mol. The Morgan fingerprint density at radius 1 is 1.37 bits per heavy atom. The lowest BCUT2D eigenvalue weighted by molar-refractivity contribution is 0.570. The van der Waals surface area contributed by atoms with E-state index >= 15 is 0 Å². The van der Waals surface area contributed by atoms with Crippen molar-refractivity contribution in [1.82, 2.24) is 14.9 Å². The van der Waals surface area contributed by atoms with Gasteiger partial charge in [0.25, 0.3) is 0 Å². The van der Waals surface area contributed by atoms with Crippen LogP contribution < -0.4 is 5.32 Å². The number of halogens is 1. The van der Waals surface area contributed by atoms with Gasteiger partial charge in [-0.1, -0.05) is 11.6 Å². The minimum Gasteiger partial charge on any atom is -0.334 e. The van der Waals surface area contributed by atoms with Crippen molar-refractivity contribution in [1.29, 1.82) is 0 Å². The molecule has 0 saturated heterocycles. The summed E-state index contributed by atoms with van der Waals surface area (Å²) < 4.78 is 2.17. The monoisotopic (exact) mass is 295 g/mol. The van der Waals surface area contributed by atoms with Gasteiger partial charge in [-0.05, 0) is 38.2 Å². The van der Waals surface area contributed by atoms with Gasteiger partial charge in [0.05, 0.1) is 6.04 Å². The van der Waals surface area contributed by atoms with E-state index in [1.807, 2.05) is 43.7 Å². The Balaban J connectivity index is 2.02. The fourth-order valence-corrected chi connectivity index (χ4v) is 3.02. The Morgan fingerprint density at radius 3 is 2.74 bits per heavy atom. The molecule has 1 N–H and O–H groups in total. The first-order valence-electron chi connectivity index (χ1n) is 6.31. The first-order chi connectivity index (χ1) is 9.24. The van der Waals surface area contributed by atoms with Gasteiger partial charge in [0.2, 0.25) is 0 Å². The van der Waals surface area contributed by atoms with E-state index in [-0.39, 0.29) is 6.04 Å². The second-order valence-corrected chi connectivity index (χ2v) is 5.71. The molecular weight excluding hydrogens is 278 g/mol. The van der Waals surface area contributed by atoms with Crippen LogP contribution in [0.4, 0.5) is 0 Å². The zero-order valence-electron chi connectivity index (χ0n) is 11.1. The van der Waals surface area contributed by atoms with E-state index in [1.165, 1.54) is 4.90 Å². The number of nitrogens with one attached hydrogen (secondary N) is 1. The fourth-order valence-electron chi connectivity index (χ4n) is 1.90. The number of imidazole rings is 1. The van der Waals surface area contributed by atoms with Crippen molar-refractivity contribution in [2.45, 2.75) is 24.4 Å². The Kier molecular flexibility index (Phi) is 5.31. The molecule has 1 aromatic heterocycles. The lowest BCUT2D eigenvalue weighted by Gasteiger charge is -2.16. The molecule has 5 heteroatoms. The zero-order valence-corrected chi connectivity index (χ0v) is 12.7. The van der Waals surface area contributed by atoms with E-state index in [9.17, 15) is 0 Å². The van der Waals surface area contributed by atoms with Crippen molar-refractivity contribution in [2.24, 2.45) is 0 Å². The van der Waals surface area contributed by atoms with Crippen LogP contribution >= 0.6 is 23.4 Å². The molecule has 0 bridgehead atoms. The van der Waals surface area contributed by atoms with Crippen molar-refractivity contribution < 1.29 is 0 Å². The number of hydrogen-bond donors (Lipinski definition) is 1. The zero-order chi connectivity index (χ0) is 13.7. The molecule has 0 amide bonds. The molecule has 0 aliphatic rings. The van der Waals surface area contributed by atoms with Gasteiger partial charge in [0.15, 0.2) is 0 Å². The van der Waals surface area contributed by atoms with Gasteiger partial charge in [-0.2, -0.15) is 0 Å². The largest absolute Gasteiger partial charge is 0.334 e. The van der Waals surface area contributed by atoms with Crippen LogP contribution in [0.1, 0.15) is 18.8 Å². The summed E-state index contributed by atoms with van der Waals surface area (Å²) in [6, 6.07) is 8.18. The smallest absolute Gasteiger partial charge is 0.126 e. The van der Waals surface area contributed by atoms with E-state index in [4.69, 9.17) is 11.6 Å². The third-order valence-electron chi connectivity index (χ3n) is 2.98. The van der Waals surface area contributed by atoms with Gasteiger partial charge in [-0.15, -0.1) is 11.8 Å².